The Morgan fingerprint density at radius 1 is 1.14 bits per heavy atom. The molecule has 0 amide bonds. The van der Waals surface area contributed by atoms with Crippen molar-refractivity contribution in [3.8, 4) is 0 Å². The molecule has 0 radical (unpaired) electrons. The molecular formula is C18H26N4. The summed E-state index contributed by atoms with van der Waals surface area (Å²) in [4.78, 5) is 9.48. The number of pyridine rings is 1. The van der Waals surface area contributed by atoms with Gasteiger partial charge in [-0.3, -0.25) is 4.90 Å². The summed E-state index contributed by atoms with van der Waals surface area (Å²) in [6, 6.07) is 6.94. The summed E-state index contributed by atoms with van der Waals surface area (Å²) in [5.74, 6) is 1.15. The van der Waals surface area contributed by atoms with Crippen LogP contribution in [0.2, 0.25) is 0 Å². The van der Waals surface area contributed by atoms with Crippen molar-refractivity contribution in [3.05, 3.63) is 47.9 Å². The minimum atomic E-state index is 0.540. The molecule has 22 heavy (non-hydrogen) atoms. The van der Waals surface area contributed by atoms with Crippen LogP contribution in [0.5, 0.6) is 0 Å². The maximum atomic E-state index is 4.54. The third kappa shape index (κ3) is 3.33. The Morgan fingerprint density at radius 3 is 2.55 bits per heavy atom. The second-order valence-electron chi connectivity index (χ2n) is 6.47. The number of hydrogen-bond donors (Lipinski definition) is 0. The molecule has 1 aliphatic heterocycles. The quantitative estimate of drug-likeness (QED) is 0.867. The van der Waals surface area contributed by atoms with Gasteiger partial charge < -0.3 is 9.47 Å². The lowest BCUT2D eigenvalue weighted by atomic mass is 10.2. The van der Waals surface area contributed by atoms with Crippen LogP contribution in [0.4, 0.5) is 5.82 Å². The molecular weight excluding hydrogens is 272 g/mol. The van der Waals surface area contributed by atoms with E-state index in [1.165, 1.54) is 11.1 Å². The molecule has 118 valence electrons. The van der Waals surface area contributed by atoms with E-state index in [4.69, 9.17) is 0 Å². The number of aryl methyl sites for hydroxylation is 1. The fourth-order valence-corrected chi connectivity index (χ4v) is 3.06. The minimum Gasteiger partial charge on any atom is -0.354 e. The van der Waals surface area contributed by atoms with Crippen LogP contribution in [0.25, 0.3) is 0 Å². The van der Waals surface area contributed by atoms with E-state index in [0.29, 0.717) is 6.04 Å². The number of hydrogen-bond acceptors (Lipinski definition) is 3. The van der Waals surface area contributed by atoms with Gasteiger partial charge in [0.05, 0.1) is 0 Å². The fourth-order valence-electron chi connectivity index (χ4n) is 3.06. The molecule has 0 unspecified atom stereocenters. The molecule has 1 fully saturated rings. The lowest BCUT2D eigenvalue weighted by Crippen LogP contribution is -2.46. The van der Waals surface area contributed by atoms with E-state index in [9.17, 15) is 0 Å². The van der Waals surface area contributed by atoms with E-state index in [-0.39, 0.29) is 0 Å². The molecule has 4 heteroatoms. The molecule has 2 aromatic rings. The van der Waals surface area contributed by atoms with Crippen LogP contribution < -0.4 is 4.90 Å². The Hall–Kier alpha value is -1.81. The van der Waals surface area contributed by atoms with Crippen molar-refractivity contribution in [3.63, 3.8) is 0 Å². The molecule has 0 atom stereocenters. The van der Waals surface area contributed by atoms with Gasteiger partial charge in [-0.1, -0.05) is 6.07 Å². The first kappa shape index (κ1) is 15.1. The second-order valence-corrected chi connectivity index (χ2v) is 6.47. The molecule has 1 aliphatic rings. The summed E-state index contributed by atoms with van der Waals surface area (Å²) in [6.45, 7) is 11.9. The number of nitrogens with zero attached hydrogens (tertiary/aromatic N) is 4. The van der Waals surface area contributed by atoms with Crippen molar-refractivity contribution in [1.29, 1.82) is 0 Å². The van der Waals surface area contributed by atoms with Gasteiger partial charge in [-0.2, -0.15) is 0 Å². The first-order valence-corrected chi connectivity index (χ1v) is 8.19. The molecule has 0 aliphatic carbocycles. The van der Waals surface area contributed by atoms with Crippen molar-refractivity contribution in [2.75, 3.05) is 31.1 Å². The molecule has 1 saturated heterocycles. The SMILES string of the molecule is Cc1cccnc1N1CCN(Cc2ccn(C(C)C)c2)CC1. The van der Waals surface area contributed by atoms with E-state index >= 15 is 0 Å². The average Bonchev–Trinajstić information content (AvgIpc) is 2.98. The van der Waals surface area contributed by atoms with E-state index < -0.39 is 0 Å². The minimum absolute atomic E-state index is 0.540. The summed E-state index contributed by atoms with van der Waals surface area (Å²) in [5.41, 5.74) is 2.68. The Labute approximate surface area is 133 Å². The van der Waals surface area contributed by atoms with E-state index in [1.54, 1.807) is 0 Å². The molecule has 0 N–H and O–H groups in total. The van der Waals surface area contributed by atoms with Crippen molar-refractivity contribution in [2.45, 2.75) is 33.4 Å². The van der Waals surface area contributed by atoms with Crippen molar-refractivity contribution in [2.24, 2.45) is 0 Å². The number of piperazine rings is 1. The average molecular weight is 298 g/mol. The van der Waals surface area contributed by atoms with Crippen LogP contribution in [0.15, 0.2) is 36.8 Å². The summed E-state index contributed by atoms with van der Waals surface area (Å²) in [5, 5.41) is 0. The van der Waals surface area contributed by atoms with Gasteiger partial charge in [0.25, 0.3) is 0 Å². The normalized spacial score (nSPS) is 16.5. The van der Waals surface area contributed by atoms with Gasteiger partial charge in [0.15, 0.2) is 0 Å². The van der Waals surface area contributed by atoms with Crippen LogP contribution >= 0.6 is 0 Å². The van der Waals surface area contributed by atoms with Gasteiger partial charge in [-0.05, 0) is 44.0 Å². The maximum Gasteiger partial charge on any atom is 0.131 e. The highest BCUT2D eigenvalue weighted by molar-refractivity contribution is 5.46. The largest absolute Gasteiger partial charge is 0.354 e. The standard InChI is InChI=1S/C18H26N4/c1-15(2)22-8-6-17(14-22)13-20-9-11-21(12-10-20)18-16(3)5-4-7-19-18/h4-8,14-15H,9-13H2,1-3H3. The smallest absolute Gasteiger partial charge is 0.131 e. The Morgan fingerprint density at radius 2 is 1.91 bits per heavy atom. The highest BCUT2D eigenvalue weighted by atomic mass is 15.3. The molecule has 0 saturated carbocycles. The van der Waals surface area contributed by atoms with Gasteiger partial charge in [-0.25, -0.2) is 4.98 Å². The van der Waals surface area contributed by atoms with Crippen molar-refractivity contribution in [1.82, 2.24) is 14.5 Å². The summed E-state index contributed by atoms with van der Waals surface area (Å²) in [7, 11) is 0. The third-order valence-corrected chi connectivity index (χ3v) is 4.43. The lowest BCUT2D eigenvalue weighted by molar-refractivity contribution is 0.249. The zero-order valence-electron chi connectivity index (χ0n) is 13.9. The van der Waals surface area contributed by atoms with Crippen molar-refractivity contribution >= 4 is 5.82 Å². The van der Waals surface area contributed by atoms with E-state index in [0.717, 1.165) is 38.5 Å². The highest BCUT2D eigenvalue weighted by Crippen LogP contribution is 2.19. The predicted molar refractivity (Wildman–Crippen MR) is 91.3 cm³/mol. The van der Waals surface area contributed by atoms with E-state index in [1.807, 2.05) is 12.3 Å². The van der Waals surface area contributed by atoms with Crippen LogP contribution in [0, 0.1) is 6.92 Å². The van der Waals surface area contributed by atoms with Gasteiger partial charge in [0, 0.05) is 57.4 Å². The van der Waals surface area contributed by atoms with Crippen LogP contribution in [0.3, 0.4) is 0 Å². The molecule has 0 spiro atoms. The van der Waals surface area contributed by atoms with Crippen LogP contribution in [-0.4, -0.2) is 40.6 Å². The number of aromatic nitrogens is 2. The molecule has 0 aromatic carbocycles. The maximum absolute atomic E-state index is 4.54. The van der Waals surface area contributed by atoms with Crippen LogP contribution in [0.1, 0.15) is 31.0 Å². The molecule has 0 bridgehead atoms. The monoisotopic (exact) mass is 298 g/mol. The molecule has 3 rings (SSSR count). The summed E-state index contributed by atoms with van der Waals surface area (Å²) >= 11 is 0. The Kier molecular flexibility index (Phi) is 4.48. The topological polar surface area (TPSA) is 24.3 Å². The van der Waals surface area contributed by atoms with Gasteiger partial charge in [-0.15, -0.1) is 0 Å². The van der Waals surface area contributed by atoms with Gasteiger partial charge in [0.2, 0.25) is 0 Å². The predicted octanol–water partition coefficient (Wildman–Crippen LogP) is 3.09. The number of rotatable bonds is 4. The van der Waals surface area contributed by atoms with E-state index in [2.05, 4.69) is 64.6 Å². The highest BCUT2D eigenvalue weighted by Gasteiger charge is 2.19. The summed E-state index contributed by atoms with van der Waals surface area (Å²) < 4.78 is 2.28. The van der Waals surface area contributed by atoms with Gasteiger partial charge >= 0.3 is 0 Å². The molecule has 2 aromatic heterocycles. The zero-order valence-corrected chi connectivity index (χ0v) is 13.9. The second kappa shape index (κ2) is 6.53. The number of anilines is 1. The Bertz CT molecular complexity index is 609. The summed E-state index contributed by atoms with van der Waals surface area (Å²) in [6.07, 6.45) is 6.36. The Balaban J connectivity index is 1.56. The van der Waals surface area contributed by atoms with Crippen LogP contribution in [-0.2, 0) is 6.54 Å². The zero-order chi connectivity index (χ0) is 15.5. The first-order chi connectivity index (χ1) is 10.6. The van der Waals surface area contributed by atoms with Gasteiger partial charge in [0.1, 0.15) is 5.82 Å². The first-order valence-electron chi connectivity index (χ1n) is 8.19. The molecule has 4 nitrogen and oxygen atoms in total. The lowest BCUT2D eigenvalue weighted by Gasteiger charge is -2.35. The fraction of sp³-hybridized carbons (Fsp3) is 0.500. The van der Waals surface area contributed by atoms with Crippen molar-refractivity contribution < 1.29 is 0 Å². The molecule has 3 heterocycles. The third-order valence-electron chi connectivity index (χ3n) is 4.43.